The molecule has 4 saturated carbocycles. The summed E-state index contributed by atoms with van der Waals surface area (Å²) in [7, 11) is 0. The fourth-order valence-corrected chi connectivity index (χ4v) is 11.7. The smallest absolute Gasteiger partial charge is 0.330 e. The zero-order valence-corrected chi connectivity index (χ0v) is 28.4. The minimum Gasteiger partial charge on any atom is -0.504 e. The van der Waals surface area contributed by atoms with Gasteiger partial charge in [0.2, 0.25) is 0 Å². The van der Waals surface area contributed by atoms with Crippen LogP contribution in [0.15, 0.2) is 35.9 Å². The highest BCUT2D eigenvalue weighted by atomic mass is 16.5. The molecule has 6 nitrogen and oxygen atoms in total. The lowest BCUT2D eigenvalue weighted by atomic mass is 9.33. The predicted octanol–water partition coefficient (Wildman–Crippen LogP) is 7.79. The topological polar surface area (TPSA) is 107 Å². The molecule has 0 amide bonds. The van der Waals surface area contributed by atoms with Crippen LogP contribution >= 0.6 is 0 Å². The lowest BCUT2D eigenvalue weighted by Gasteiger charge is -2.71. The summed E-state index contributed by atoms with van der Waals surface area (Å²) in [5.74, 6) is 0.217. The Balaban J connectivity index is 1.25. The summed E-state index contributed by atoms with van der Waals surface area (Å²) >= 11 is 0. The number of carbonyl (C=O) groups excluding carboxylic acids is 1. The molecule has 1 aromatic rings. The van der Waals surface area contributed by atoms with Crippen molar-refractivity contribution in [2.24, 2.45) is 50.2 Å². The number of benzene rings is 1. The fraction of sp³-hybridized carbons (Fsp3) is 0.718. The van der Waals surface area contributed by atoms with Crippen molar-refractivity contribution in [3.8, 4) is 11.5 Å². The van der Waals surface area contributed by atoms with Crippen molar-refractivity contribution in [2.45, 2.75) is 112 Å². The van der Waals surface area contributed by atoms with Crippen LogP contribution in [0.3, 0.4) is 0 Å². The number of esters is 1. The Bertz CT molecular complexity index is 1400. The van der Waals surface area contributed by atoms with Crippen LogP contribution in [-0.4, -0.2) is 45.7 Å². The molecular formula is C39H56O6. The first-order valence-electron chi connectivity index (χ1n) is 17.4. The predicted molar refractivity (Wildman–Crippen MR) is 176 cm³/mol. The first-order valence-corrected chi connectivity index (χ1v) is 17.4. The van der Waals surface area contributed by atoms with Gasteiger partial charge in [-0.2, -0.15) is 0 Å². The summed E-state index contributed by atoms with van der Waals surface area (Å²) in [6, 6.07) is 4.39. The van der Waals surface area contributed by atoms with E-state index in [0.29, 0.717) is 35.8 Å². The van der Waals surface area contributed by atoms with Crippen LogP contribution in [0.4, 0.5) is 0 Å². The average Bonchev–Trinajstić information content (AvgIpc) is 2.99. The second-order valence-electron chi connectivity index (χ2n) is 17.5. The molecule has 0 heterocycles. The summed E-state index contributed by atoms with van der Waals surface area (Å²) in [5.41, 5.74) is 2.22. The SMILES string of the molecule is CC1(C)CC[C@]2(CO)CC[C@]3(C)C(=CC[C@@H]4[C@@]5(C)CC[C@H](O)[C@@](C)(COC(=O)/C=C/c6ccc(O)c(O)c6)[C@@H]5CC[C@]43C)[C@@H]2C1. The summed E-state index contributed by atoms with van der Waals surface area (Å²) in [5, 5.41) is 41.6. The summed E-state index contributed by atoms with van der Waals surface area (Å²) in [4.78, 5) is 12.9. The molecule has 4 N–H and O–H groups in total. The Kier molecular flexibility index (Phi) is 7.88. The maximum Gasteiger partial charge on any atom is 0.330 e. The van der Waals surface area contributed by atoms with Crippen molar-refractivity contribution in [3.05, 3.63) is 41.5 Å². The van der Waals surface area contributed by atoms with E-state index in [2.05, 4.69) is 47.6 Å². The lowest BCUT2D eigenvalue weighted by molar-refractivity contribution is -0.219. The van der Waals surface area contributed by atoms with Crippen molar-refractivity contribution < 1.29 is 30.0 Å². The number of hydrogen-bond donors (Lipinski definition) is 4. The molecule has 45 heavy (non-hydrogen) atoms. The number of ether oxygens (including phenoxy) is 1. The van der Waals surface area contributed by atoms with Crippen molar-refractivity contribution in [3.63, 3.8) is 0 Å². The van der Waals surface area contributed by atoms with Gasteiger partial charge in [-0.1, -0.05) is 59.3 Å². The molecule has 1 aromatic carbocycles. The van der Waals surface area contributed by atoms with E-state index in [9.17, 15) is 25.2 Å². The van der Waals surface area contributed by atoms with E-state index < -0.39 is 17.5 Å². The van der Waals surface area contributed by atoms with Crippen LogP contribution in [0.25, 0.3) is 6.08 Å². The molecule has 0 spiro atoms. The second kappa shape index (κ2) is 10.9. The van der Waals surface area contributed by atoms with Gasteiger partial charge in [0, 0.05) is 23.5 Å². The van der Waals surface area contributed by atoms with Gasteiger partial charge in [-0.25, -0.2) is 4.79 Å². The minimum absolute atomic E-state index is 0.00911. The molecule has 0 unspecified atom stereocenters. The Morgan fingerprint density at radius 1 is 0.933 bits per heavy atom. The lowest BCUT2D eigenvalue weighted by Crippen LogP contribution is -2.65. The Morgan fingerprint density at radius 3 is 2.38 bits per heavy atom. The first-order chi connectivity index (χ1) is 21.0. The molecule has 0 aromatic heterocycles. The normalized spacial score (nSPS) is 43.8. The number of allylic oxidation sites excluding steroid dienone is 2. The van der Waals surface area contributed by atoms with Crippen molar-refractivity contribution in [1.82, 2.24) is 0 Å². The largest absolute Gasteiger partial charge is 0.504 e. The first kappa shape index (κ1) is 32.6. The highest BCUT2D eigenvalue weighted by Gasteiger charge is 2.68. The quantitative estimate of drug-likeness (QED) is 0.116. The summed E-state index contributed by atoms with van der Waals surface area (Å²) in [6.45, 7) is 15.0. The molecule has 6 rings (SSSR count). The molecule has 5 aliphatic rings. The standard InChI is InChI=1S/C39H56O6/c1-34(2)17-19-39(23-40)20-18-37(5)26(27(39)22-34)9-11-31-35(3)15-14-32(43)36(4,30(35)13-16-38(31,37)6)24-45-33(44)12-8-25-7-10-28(41)29(42)21-25/h7-10,12,21,27,30-32,40-43H,11,13-20,22-24H2,1-6H3/b12-8+/t27-,30+,31+,32-,35-,36-,37+,38+,39+/m0/s1. The van der Waals surface area contributed by atoms with E-state index in [0.717, 1.165) is 51.4 Å². The van der Waals surface area contributed by atoms with Crippen LogP contribution in [0, 0.1) is 50.2 Å². The zero-order valence-electron chi connectivity index (χ0n) is 28.4. The Hall–Kier alpha value is -2.31. The highest BCUT2D eigenvalue weighted by molar-refractivity contribution is 5.87. The third-order valence-electron chi connectivity index (χ3n) is 14.8. The van der Waals surface area contributed by atoms with Crippen molar-refractivity contribution in [1.29, 1.82) is 0 Å². The second-order valence-corrected chi connectivity index (χ2v) is 17.5. The zero-order chi connectivity index (χ0) is 32.6. The van der Waals surface area contributed by atoms with Crippen molar-refractivity contribution in [2.75, 3.05) is 13.2 Å². The molecule has 0 aliphatic heterocycles. The van der Waals surface area contributed by atoms with E-state index in [-0.39, 0.29) is 45.7 Å². The number of rotatable bonds is 5. The number of aromatic hydroxyl groups is 2. The van der Waals surface area contributed by atoms with Gasteiger partial charge in [-0.05, 0) is 127 Å². The maximum atomic E-state index is 12.9. The van der Waals surface area contributed by atoms with Crippen LogP contribution in [0.5, 0.6) is 11.5 Å². The number of carbonyl (C=O) groups is 1. The van der Waals surface area contributed by atoms with Crippen LogP contribution < -0.4 is 0 Å². The van der Waals surface area contributed by atoms with Crippen LogP contribution in [0.2, 0.25) is 0 Å². The van der Waals surface area contributed by atoms with E-state index >= 15 is 0 Å². The summed E-state index contributed by atoms with van der Waals surface area (Å²) in [6.07, 6.45) is 15.5. The van der Waals surface area contributed by atoms with Gasteiger partial charge >= 0.3 is 5.97 Å². The van der Waals surface area contributed by atoms with Gasteiger partial charge in [0.1, 0.15) is 0 Å². The van der Waals surface area contributed by atoms with Crippen molar-refractivity contribution >= 4 is 12.0 Å². The maximum absolute atomic E-state index is 12.9. The third kappa shape index (κ3) is 4.91. The molecule has 0 bridgehead atoms. The summed E-state index contributed by atoms with van der Waals surface area (Å²) < 4.78 is 5.86. The highest BCUT2D eigenvalue weighted by Crippen LogP contribution is 2.75. The van der Waals surface area contributed by atoms with Crippen LogP contribution in [-0.2, 0) is 9.53 Å². The van der Waals surface area contributed by atoms with Gasteiger partial charge in [0.15, 0.2) is 11.5 Å². The number of hydrogen-bond acceptors (Lipinski definition) is 6. The van der Waals surface area contributed by atoms with E-state index in [1.807, 2.05) is 0 Å². The van der Waals surface area contributed by atoms with E-state index in [1.54, 1.807) is 17.7 Å². The molecule has 248 valence electrons. The number of aliphatic hydroxyl groups excluding tert-OH is 2. The van der Waals surface area contributed by atoms with Gasteiger partial charge in [-0.3, -0.25) is 0 Å². The average molecular weight is 621 g/mol. The molecule has 5 aliphatic carbocycles. The van der Waals surface area contributed by atoms with Gasteiger partial charge in [0.25, 0.3) is 0 Å². The minimum atomic E-state index is -0.550. The van der Waals surface area contributed by atoms with Gasteiger partial charge in [-0.15, -0.1) is 0 Å². The van der Waals surface area contributed by atoms with E-state index in [4.69, 9.17) is 4.74 Å². The molecular weight excluding hydrogens is 564 g/mol. The van der Waals surface area contributed by atoms with Gasteiger partial charge < -0.3 is 25.2 Å². The fourth-order valence-electron chi connectivity index (χ4n) is 11.7. The van der Waals surface area contributed by atoms with E-state index in [1.165, 1.54) is 24.6 Å². The molecule has 6 heteroatoms. The third-order valence-corrected chi connectivity index (χ3v) is 14.8. The van der Waals surface area contributed by atoms with Crippen LogP contribution in [0.1, 0.15) is 111 Å². The Morgan fingerprint density at radius 2 is 1.67 bits per heavy atom. The molecule has 0 saturated heterocycles. The number of phenolic OH excluding ortho intramolecular Hbond substituents is 2. The molecule has 4 fully saturated rings. The number of phenols is 2. The number of aliphatic hydroxyl groups is 2. The molecule has 0 radical (unpaired) electrons. The van der Waals surface area contributed by atoms with Gasteiger partial charge in [0.05, 0.1) is 12.7 Å². The molecule has 9 atom stereocenters. The number of fused-ring (bicyclic) bond motifs is 7. The Labute approximate surface area is 270 Å². The monoisotopic (exact) mass is 620 g/mol.